The molecule has 2 atom stereocenters. The highest BCUT2D eigenvalue weighted by molar-refractivity contribution is 5.62. The number of benzene rings is 1. The van der Waals surface area contributed by atoms with Gasteiger partial charge < -0.3 is 10.2 Å². The second-order valence-electron chi connectivity index (χ2n) is 5.41. The fourth-order valence-corrected chi connectivity index (χ4v) is 3.15. The molecule has 0 spiro atoms. The van der Waals surface area contributed by atoms with Crippen LogP contribution in [0.4, 0.5) is 5.69 Å². The molecule has 1 aromatic heterocycles. The standard InChI is InChI=1S/C16H17N3/c1-2-4-12(5-3-1)15-7-6-14(9-18-15)19-11-13-8-17-10-16(13)19/h1-7,9,13,16-17H,8,10-11H2. The average Bonchev–Trinajstić information content (AvgIpc) is 2.82. The lowest BCUT2D eigenvalue weighted by atomic mass is 9.91. The molecule has 2 unspecified atom stereocenters. The van der Waals surface area contributed by atoms with Gasteiger partial charge in [0.25, 0.3) is 0 Å². The fourth-order valence-electron chi connectivity index (χ4n) is 3.15. The molecule has 0 bridgehead atoms. The molecule has 2 fully saturated rings. The van der Waals surface area contributed by atoms with Crippen LogP contribution in [0.25, 0.3) is 11.3 Å². The van der Waals surface area contributed by atoms with E-state index in [0.29, 0.717) is 6.04 Å². The molecule has 1 N–H and O–H groups in total. The summed E-state index contributed by atoms with van der Waals surface area (Å²) in [5.41, 5.74) is 3.48. The number of anilines is 1. The summed E-state index contributed by atoms with van der Waals surface area (Å²) >= 11 is 0. The molecule has 2 saturated heterocycles. The molecule has 19 heavy (non-hydrogen) atoms. The molecule has 96 valence electrons. The first-order chi connectivity index (χ1) is 9.42. The second kappa shape index (κ2) is 4.35. The van der Waals surface area contributed by atoms with Crippen LogP contribution in [0, 0.1) is 5.92 Å². The van der Waals surface area contributed by atoms with Crippen molar-refractivity contribution in [2.75, 3.05) is 24.5 Å². The summed E-state index contributed by atoms with van der Waals surface area (Å²) < 4.78 is 0. The van der Waals surface area contributed by atoms with E-state index in [-0.39, 0.29) is 0 Å². The van der Waals surface area contributed by atoms with Gasteiger partial charge in [-0.05, 0) is 12.1 Å². The van der Waals surface area contributed by atoms with E-state index in [2.05, 4.69) is 51.6 Å². The van der Waals surface area contributed by atoms with Crippen molar-refractivity contribution < 1.29 is 0 Å². The van der Waals surface area contributed by atoms with Gasteiger partial charge in [0.1, 0.15) is 0 Å². The normalized spacial score (nSPS) is 24.9. The van der Waals surface area contributed by atoms with Crippen LogP contribution in [0.15, 0.2) is 48.7 Å². The molecule has 0 radical (unpaired) electrons. The molecular formula is C16H17N3. The minimum Gasteiger partial charge on any atom is -0.365 e. The summed E-state index contributed by atoms with van der Waals surface area (Å²) in [5.74, 6) is 0.841. The van der Waals surface area contributed by atoms with E-state index in [1.165, 1.54) is 24.3 Å². The Balaban J connectivity index is 1.57. The van der Waals surface area contributed by atoms with Gasteiger partial charge in [-0.25, -0.2) is 0 Å². The molecule has 3 heterocycles. The summed E-state index contributed by atoms with van der Waals surface area (Å²) in [6.07, 6.45) is 2.01. The highest BCUT2D eigenvalue weighted by atomic mass is 15.3. The van der Waals surface area contributed by atoms with E-state index in [1.807, 2.05) is 12.3 Å². The molecule has 1 aromatic carbocycles. The molecule has 4 rings (SSSR count). The van der Waals surface area contributed by atoms with E-state index in [9.17, 15) is 0 Å². The number of rotatable bonds is 2. The van der Waals surface area contributed by atoms with E-state index in [0.717, 1.165) is 18.2 Å². The van der Waals surface area contributed by atoms with Gasteiger partial charge in [-0.3, -0.25) is 4.98 Å². The smallest absolute Gasteiger partial charge is 0.0703 e. The maximum Gasteiger partial charge on any atom is 0.0703 e. The molecule has 0 aliphatic carbocycles. The van der Waals surface area contributed by atoms with Crippen LogP contribution < -0.4 is 10.2 Å². The molecule has 3 heteroatoms. The SMILES string of the molecule is c1ccc(-c2ccc(N3CC4CNCC43)cn2)cc1. The van der Waals surface area contributed by atoms with Crippen LogP contribution in [0.3, 0.4) is 0 Å². The third-order valence-corrected chi connectivity index (χ3v) is 4.28. The summed E-state index contributed by atoms with van der Waals surface area (Å²) in [6.45, 7) is 3.46. The lowest BCUT2D eigenvalue weighted by molar-refractivity contribution is 0.365. The van der Waals surface area contributed by atoms with Crippen LogP contribution in [-0.2, 0) is 0 Å². The van der Waals surface area contributed by atoms with E-state index < -0.39 is 0 Å². The van der Waals surface area contributed by atoms with Crippen LogP contribution >= 0.6 is 0 Å². The molecule has 2 aliphatic heterocycles. The van der Waals surface area contributed by atoms with Crippen molar-refractivity contribution in [1.29, 1.82) is 0 Å². The second-order valence-corrected chi connectivity index (χ2v) is 5.41. The average molecular weight is 251 g/mol. The summed E-state index contributed by atoms with van der Waals surface area (Å²) in [6, 6.07) is 15.3. The molecular weight excluding hydrogens is 234 g/mol. The van der Waals surface area contributed by atoms with Gasteiger partial charge in [0, 0.05) is 37.2 Å². The summed E-state index contributed by atoms with van der Waals surface area (Å²) in [7, 11) is 0. The first-order valence-electron chi connectivity index (χ1n) is 6.91. The van der Waals surface area contributed by atoms with Crippen LogP contribution in [0.1, 0.15) is 0 Å². The number of nitrogens with zero attached hydrogens (tertiary/aromatic N) is 2. The first kappa shape index (κ1) is 11.0. The third kappa shape index (κ3) is 1.81. The van der Waals surface area contributed by atoms with E-state index in [4.69, 9.17) is 0 Å². The van der Waals surface area contributed by atoms with Gasteiger partial charge in [0.2, 0.25) is 0 Å². The van der Waals surface area contributed by atoms with Crippen molar-refractivity contribution in [3.05, 3.63) is 48.7 Å². The zero-order chi connectivity index (χ0) is 12.7. The number of aromatic nitrogens is 1. The predicted octanol–water partition coefficient (Wildman–Crippen LogP) is 2.16. The Hall–Kier alpha value is -1.87. The predicted molar refractivity (Wildman–Crippen MR) is 77.2 cm³/mol. The van der Waals surface area contributed by atoms with Crippen molar-refractivity contribution in [2.24, 2.45) is 5.92 Å². The number of hydrogen-bond donors (Lipinski definition) is 1. The number of nitrogens with one attached hydrogen (secondary N) is 1. The quantitative estimate of drug-likeness (QED) is 0.886. The van der Waals surface area contributed by atoms with Gasteiger partial charge >= 0.3 is 0 Å². The van der Waals surface area contributed by atoms with Crippen LogP contribution in [0.2, 0.25) is 0 Å². The Morgan fingerprint density at radius 3 is 2.68 bits per heavy atom. The largest absolute Gasteiger partial charge is 0.365 e. The number of pyridine rings is 1. The van der Waals surface area contributed by atoms with Crippen LogP contribution in [-0.4, -0.2) is 30.7 Å². The Labute approximate surface area is 113 Å². The minimum atomic E-state index is 0.685. The lowest BCUT2D eigenvalue weighted by Crippen LogP contribution is -2.55. The number of fused-ring (bicyclic) bond motifs is 1. The topological polar surface area (TPSA) is 28.2 Å². The third-order valence-electron chi connectivity index (χ3n) is 4.28. The highest BCUT2D eigenvalue weighted by Gasteiger charge is 2.42. The van der Waals surface area contributed by atoms with Crippen molar-refractivity contribution in [3.8, 4) is 11.3 Å². The highest BCUT2D eigenvalue weighted by Crippen LogP contribution is 2.33. The van der Waals surface area contributed by atoms with Crippen molar-refractivity contribution >= 4 is 5.69 Å². The van der Waals surface area contributed by atoms with Crippen LogP contribution in [0.5, 0.6) is 0 Å². The maximum absolute atomic E-state index is 4.60. The fraction of sp³-hybridized carbons (Fsp3) is 0.312. The summed E-state index contributed by atoms with van der Waals surface area (Å²) in [4.78, 5) is 7.07. The van der Waals surface area contributed by atoms with Gasteiger partial charge in [0.05, 0.1) is 17.6 Å². The van der Waals surface area contributed by atoms with E-state index in [1.54, 1.807) is 0 Å². The molecule has 0 amide bonds. The lowest BCUT2D eigenvalue weighted by Gasteiger charge is -2.45. The van der Waals surface area contributed by atoms with Crippen molar-refractivity contribution in [3.63, 3.8) is 0 Å². The van der Waals surface area contributed by atoms with Gasteiger partial charge in [-0.2, -0.15) is 0 Å². The van der Waals surface area contributed by atoms with E-state index >= 15 is 0 Å². The minimum absolute atomic E-state index is 0.685. The Kier molecular flexibility index (Phi) is 2.52. The molecule has 2 aromatic rings. The molecule has 2 aliphatic rings. The Bertz CT molecular complexity index is 564. The molecule has 3 nitrogen and oxygen atoms in total. The molecule has 0 saturated carbocycles. The summed E-state index contributed by atoms with van der Waals surface area (Å²) in [5, 5.41) is 3.46. The van der Waals surface area contributed by atoms with Gasteiger partial charge in [0.15, 0.2) is 0 Å². The van der Waals surface area contributed by atoms with Crippen molar-refractivity contribution in [2.45, 2.75) is 6.04 Å². The Morgan fingerprint density at radius 2 is 1.95 bits per heavy atom. The van der Waals surface area contributed by atoms with Crippen molar-refractivity contribution in [1.82, 2.24) is 10.3 Å². The first-order valence-corrected chi connectivity index (χ1v) is 6.91. The number of hydrogen-bond acceptors (Lipinski definition) is 3. The zero-order valence-corrected chi connectivity index (χ0v) is 10.8. The maximum atomic E-state index is 4.60. The Morgan fingerprint density at radius 1 is 1.05 bits per heavy atom. The van der Waals surface area contributed by atoms with Gasteiger partial charge in [-0.15, -0.1) is 0 Å². The zero-order valence-electron chi connectivity index (χ0n) is 10.8. The van der Waals surface area contributed by atoms with Gasteiger partial charge in [-0.1, -0.05) is 30.3 Å². The monoisotopic (exact) mass is 251 g/mol.